The van der Waals surface area contributed by atoms with E-state index in [2.05, 4.69) is 21.4 Å². The van der Waals surface area contributed by atoms with Gasteiger partial charge in [-0.25, -0.2) is 9.78 Å². The Labute approximate surface area is 190 Å². The number of nitrogens with one attached hydrogen (secondary N) is 1. The zero-order valence-corrected chi connectivity index (χ0v) is 19.1. The second-order valence-electron chi connectivity index (χ2n) is 7.02. The van der Waals surface area contributed by atoms with E-state index in [0.717, 1.165) is 24.4 Å². The van der Waals surface area contributed by atoms with Crippen molar-refractivity contribution >= 4 is 39.8 Å². The lowest BCUT2D eigenvalue weighted by Gasteiger charge is -2.10. The molecule has 0 aliphatic carbocycles. The van der Waals surface area contributed by atoms with E-state index in [0.29, 0.717) is 22.3 Å². The standard InChI is InChI=1S/C23H24ClN3O3S/c1-4-10-25-23-26-20(14-31-23)22(29)30-13-21(28)19-12-15(2)27(16(19)3)11-9-17-5-7-18(24)8-6-17/h4-8,12,14H,1,9-11,13H2,2-3H3,(H,25,26). The number of aryl methyl sites for hydroxylation is 2. The number of ketones is 1. The van der Waals surface area contributed by atoms with Crippen LogP contribution in [0.25, 0.3) is 0 Å². The fourth-order valence-corrected chi connectivity index (χ4v) is 4.03. The first-order valence-electron chi connectivity index (χ1n) is 9.81. The molecular weight excluding hydrogens is 434 g/mol. The van der Waals surface area contributed by atoms with Gasteiger partial charge in [0, 0.05) is 40.4 Å². The van der Waals surface area contributed by atoms with E-state index in [9.17, 15) is 9.59 Å². The van der Waals surface area contributed by atoms with Crippen LogP contribution in [-0.2, 0) is 17.7 Å². The Morgan fingerprint density at radius 2 is 2.03 bits per heavy atom. The number of halogens is 1. The van der Waals surface area contributed by atoms with Gasteiger partial charge in [-0.15, -0.1) is 17.9 Å². The molecule has 0 fully saturated rings. The highest BCUT2D eigenvalue weighted by molar-refractivity contribution is 7.13. The van der Waals surface area contributed by atoms with Crippen LogP contribution in [0.1, 0.15) is 37.8 Å². The minimum absolute atomic E-state index is 0.179. The molecule has 1 N–H and O–H groups in total. The lowest BCUT2D eigenvalue weighted by atomic mass is 10.1. The number of hydrogen-bond donors (Lipinski definition) is 1. The highest BCUT2D eigenvalue weighted by Gasteiger charge is 2.19. The molecule has 162 valence electrons. The summed E-state index contributed by atoms with van der Waals surface area (Å²) in [6, 6.07) is 9.58. The number of benzene rings is 1. The number of carbonyl (C=O) groups excluding carboxylic acids is 2. The quantitative estimate of drug-likeness (QED) is 0.260. The molecule has 0 aliphatic heterocycles. The monoisotopic (exact) mass is 457 g/mol. The van der Waals surface area contributed by atoms with Gasteiger partial charge in [-0.3, -0.25) is 4.79 Å². The van der Waals surface area contributed by atoms with Gasteiger partial charge >= 0.3 is 5.97 Å². The Kier molecular flexibility index (Phi) is 7.65. The number of rotatable bonds is 10. The van der Waals surface area contributed by atoms with Gasteiger partial charge in [0.05, 0.1) is 0 Å². The van der Waals surface area contributed by atoms with E-state index in [4.69, 9.17) is 16.3 Å². The topological polar surface area (TPSA) is 73.2 Å². The van der Waals surface area contributed by atoms with Gasteiger partial charge in [0.15, 0.2) is 17.4 Å². The number of ether oxygens (including phenoxy) is 1. The van der Waals surface area contributed by atoms with Crippen molar-refractivity contribution in [1.82, 2.24) is 9.55 Å². The van der Waals surface area contributed by atoms with Crippen LogP contribution < -0.4 is 5.32 Å². The molecule has 0 saturated heterocycles. The van der Waals surface area contributed by atoms with Gasteiger partial charge in [0.25, 0.3) is 0 Å². The molecular formula is C23H24ClN3O3S. The number of Topliss-reactive ketones (excluding diaryl/α,β-unsaturated/α-hetero) is 1. The largest absolute Gasteiger partial charge is 0.453 e. The zero-order chi connectivity index (χ0) is 22.4. The molecule has 0 spiro atoms. The number of nitrogens with zero attached hydrogens (tertiary/aromatic N) is 2. The molecule has 0 bridgehead atoms. The first-order chi connectivity index (χ1) is 14.9. The first kappa shape index (κ1) is 22.8. The number of aromatic nitrogens is 2. The summed E-state index contributed by atoms with van der Waals surface area (Å²) in [5.74, 6) is -0.854. The average Bonchev–Trinajstić information content (AvgIpc) is 3.34. The molecule has 2 heterocycles. The van der Waals surface area contributed by atoms with Crippen molar-refractivity contribution in [3.8, 4) is 0 Å². The Balaban J connectivity index is 1.59. The van der Waals surface area contributed by atoms with E-state index in [1.54, 1.807) is 11.5 Å². The average molecular weight is 458 g/mol. The summed E-state index contributed by atoms with van der Waals surface area (Å²) >= 11 is 7.24. The third-order valence-corrected chi connectivity index (χ3v) is 5.91. The Hall–Kier alpha value is -2.90. The van der Waals surface area contributed by atoms with Crippen LogP contribution in [0.15, 0.2) is 48.4 Å². The summed E-state index contributed by atoms with van der Waals surface area (Å²) in [7, 11) is 0. The Bertz CT molecular complexity index is 1090. The zero-order valence-electron chi connectivity index (χ0n) is 17.5. The van der Waals surface area contributed by atoms with E-state index >= 15 is 0 Å². The number of anilines is 1. The second-order valence-corrected chi connectivity index (χ2v) is 8.31. The fraction of sp³-hybridized carbons (Fsp3) is 0.261. The van der Waals surface area contributed by atoms with Crippen molar-refractivity contribution in [2.24, 2.45) is 0 Å². The summed E-state index contributed by atoms with van der Waals surface area (Å²) in [6.07, 6.45) is 2.52. The number of esters is 1. The Morgan fingerprint density at radius 3 is 2.74 bits per heavy atom. The predicted molar refractivity (Wildman–Crippen MR) is 124 cm³/mol. The minimum atomic E-state index is -0.618. The summed E-state index contributed by atoms with van der Waals surface area (Å²) in [5, 5.41) is 5.92. The van der Waals surface area contributed by atoms with Gasteiger partial charge in [-0.1, -0.05) is 29.8 Å². The van der Waals surface area contributed by atoms with E-state index in [1.807, 2.05) is 44.2 Å². The summed E-state index contributed by atoms with van der Waals surface area (Å²) in [6.45, 7) is 8.45. The van der Waals surface area contributed by atoms with Gasteiger partial charge in [-0.2, -0.15) is 0 Å². The van der Waals surface area contributed by atoms with E-state index < -0.39 is 5.97 Å². The number of hydrogen-bond acceptors (Lipinski definition) is 6. The second kappa shape index (κ2) is 10.4. The molecule has 0 atom stereocenters. The van der Waals surface area contributed by atoms with Crippen molar-refractivity contribution in [2.75, 3.05) is 18.5 Å². The smallest absolute Gasteiger partial charge is 0.358 e. The van der Waals surface area contributed by atoms with Crippen molar-refractivity contribution in [1.29, 1.82) is 0 Å². The third-order valence-electron chi connectivity index (χ3n) is 4.86. The van der Waals surface area contributed by atoms with Gasteiger partial charge < -0.3 is 14.6 Å². The van der Waals surface area contributed by atoms with Gasteiger partial charge in [-0.05, 0) is 44.0 Å². The highest BCUT2D eigenvalue weighted by Crippen LogP contribution is 2.19. The Morgan fingerprint density at radius 1 is 1.29 bits per heavy atom. The van der Waals surface area contributed by atoms with Crippen LogP contribution in [0, 0.1) is 13.8 Å². The van der Waals surface area contributed by atoms with Crippen molar-refractivity contribution in [3.63, 3.8) is 0 Å². The molecule has 0 aliphatic rings. The molecule has 6 nitrogen and oxygen atoms in total. The minimum Gasteiger partial charge on any atom is -0.453 e. The molecule has 0 amide bonds. The van der Waals surface area contributed by atoms with Crippen LogP contribution in [0.2, 0.25) is 5.02 Å². The first-order valence-corrected chi connectivity index (χ1v) is 11.1. The van der Waals surface area contributed by atoms with Crippen molar-refractivity contribution in [3.05, 3.63) is 81.6 Å². The van der Waals surface area contributed by atoms with E-state index in [1.165, 1.54) is 16.9 Å². The maximum absolute atomic E-state index is 12.7. The molecule has 31 heavy (non-hydrogen) atoms. The molecule has 2 aromatic heterocycles. The molecule has 3 rings (SSSR count). The maximum Gasteiger partial charge on any atom is 0.358 e. The summed E-state index contributed by atoms with van der Waals surface area (Å²) in [5.41, 5.74) is 3.75. The van der Waals surface area contributed by atoms with Crippen LogP contribution in [0.4, 0.5) is 5.13 Å². The van der Waals surface area contributed by atoms with Gasteiger partial charge in [0.1, 0.15) is 0 Å². The third kappa shape index (κ3) is 5.83. The predicted octanol–water partition coefficient (Wildman–Crippen LogP) is 5.10. The molecule has 8 heteroatoms. The number of thiazole rings is 1. The van der Waals surface area contributed by atoms with Gasteiger partial charge in [0.2, 0.25) is 5.78 Å². The molecule has 1 aromatic carbocycles. The van der Waals surface area contributed by atoms with Crippen LogP contribution in [-0.4, -0.2) is 34.5 Å². The SMILES string of the molecule is C=CCNc1nc(C(=O)OCC(=O)c2cc(C)n(CCc3ccc(Cl)cc3)c2C)cs1. The highest BCUT2D eigenvalue weighted by atomic mass is 35.5. The molecule has 0 unspecified atom stereocenters. The number of carbonyl (C=O) groups is 2. The van der Waals surface area contributed by atoms with Crippen molar-refractivity contribution in [2.45, 2.75) is 26.8 Å². The maximum atomic E-state index is 12.7. The van der Waals surface area contributed by atoms with Crippen LogP contribution in [0.5, 0.6) is 0 Å². The van der Waals surface area contributed by atoms with Crippen LogP contribution in [0.3, 0.4) is 0 Å². The lowest BCUT2D eigenvalue weighted by Crippen LogP contribution is -2.15. The summed E-state index contributed by atoms with van der Waals surface area (Å²) in [4.78, 5) is 29.0. The van der Waals surface area contributed by atoms with Crippen LogP contribution >= 0.6 is 22.9 Å². The summed E-state index contributed by atoms with van der Waals surface area (Å²) < 4.78 is 7.29. The van der Waals surface area contributed by atoms with Crippen molar-refractivity contribution < 1.29 is 14.3 Å². The lowest BCUT2D eigenvalue weighted by molar-refractivity contribution is 0.0469. The fourth-order valence-electron chi connectivity index (χ4n) is 3.21. The van der Waals surface area contributed by atoms with E-state index in [-0.39, 0.29) is 18.1 Å². The molecule has 3 aromatic rings. The normalized spacial score (nSPS) is 10.7. The molecule has 0 saturated carbocycles. The molecule has 0 radical (unpaired) electrons.